The van der Waals surface area contributed by atoms with Gasteiger partial charge in [-0.05, 0) is 37.5 Å². The minimum absolute atomic E-state index is 0.213. The number of hydrogen-bond acceptors (Lipinski definition) is 3. The number of carboxylic acids is 1. The van der Waals surface area contributed by atoms with Gasteiger partial charge in [0.1, 0.15) is 0 Å². The zero-order valence-electron chi connectivity index (χ0n) is 11.6. The zero-order chi connectivity index (χ0) is 15.9. The molecule has 1 aromatic rings. The van der Waals surface area contributed by atoms with Crippen LogP contribution in [0, 0.1) is 11.8 Å². The molecule has 2 fully saturated rings. The van der Waals surface area contributed by atoms with Gasteiger partial charge in [-0.3, -0.25) is 14.4 Å². The lowest BCUT2D eigenvalue weighted by Crippen LogP contribution is -2.26. The maximum atomic E-state index is 12.1. The van der Waals surface area contributed by atoms with Gasteiger partial charge in [-0.2, -0.15) is 0 Å². The molecule has 2 saturated carbocycles. The van der Waals surface area contributed by atoms with E-state index in [0.29, 0.717) is 22.7 Å². The smallest absolute Gasteiger partial charge is 0.307 e. The summed E-state index contributed by atoms with van der Waals surface area (Å²) in [5.41, 5.74) is 0.739. The number of nitrogens with one attached hydrogen (secondary N) is 2. The molecule has 0 spiro atoms. The molecule has 2 amide bonds. The molecule has 6 nitrogen and oxygen atoms in total. The number of carbonyl (C=O) groups excluding carboxylic acids is 2. The van der Waals surface area contributed by atoms with Crippen molar-refractivity contribution in [1.29, 1.82) is 0 Å². The van der Waals surface area contributed by atoms with E-state index in [1.807, 2.05) is 0 Å². The first-order valence-electron chi connectivity index (χ1n) is 7.10. The number of amides is 2. The highest BCUT2D eigenvalue weighted by molar-refractivity contribution is 6.34. The maximum absolute atomic E-state index is 12.1. The first-order valence-corrected chi connectivity index (χ1v) is 7.47. The van der Waals surface area contributed by atoms with Gasteiger partial charge in [-0.15, -0.1) is 0 Å². The highest BCUT2D eigenvalue weighted by Crippen LogP contribution is 2.39. The van der Waals surface area contributed by atoms with Gasteiger partial charge in [0, 0.05) is 11.7 Å². The first-order chi connectivity index (χ1) is 10.5. The van der Waals surface area contributed by atoms with Crippen LogP contribution in [0.15, 0.2) is 18.2 Å². The SMILES string of the molecule is O=C(NC1CC1)c1cc(NC(=O)[C@H]2C[C@@H]2C(=O)O)ccc1Cl. The molecule has 2 aliphatic rings. The highest BCUT2D eigenvalue weighted by atomic mass is 35.5. The summed E-state index contributed by atoms with van der Waals surface area (Å²) in [4.78, 5) is 34.8. The zero-order valence-corrected chi connectivity index (χ0v) is 12.4. The standard InChI is InChI=1S/C15H15ClN2O4/c16-12-4-3-8(5-11(12)14(20)17-7-1-2-7)18-13(19)9-6-10(9)15(21)22/h3-5,7,9-10H,1-2,6H2,(H,17,20)(H,18,19)(H,21,22)/t9-,10-/m0/s1. The van der Waals surface area contributed by atoms with Gasteiger partial charge < -0.3 is 15.7 Å². The molecule has 0 heterocycles. The molecule has 7 heteroatoms. The van der Waals surface area contributed by atoms with E-state index in [9.17, 15) is 14.4 Å². The lowest BCUT2D eigenvalue weighted by Gasteiger charge is -2.09. The summed E-state index contributed by atoms with van der Waals surface area (Å²) in [6.45, 7) is 0. The van der Waals surface area contributed by atoms with Gasteiger partial charge >= 0.3 is 5.97 Å². The van der Waals surface area contributed by atoms with Crippen molar-refractivity contribution in [3.05, 3.63) is 28.8 Å². The van der Waals surface area contributed by atoms with Gasteiger partial charge in [-0.1, -0.05) is 11.6 Å². The van der Waals surface area contributed by atoms with Crippen LogP contribution in [0.1, 0.15) is 29.6 Å². The fraction of sp³-hybridized carbons (Fsp3) is 0.400. The quantitative estimate of drug-likeness (QED) is 0.771. The number of benzene rings is 1. The molecule has 0 saturated heterocycles. The average molecular weight is 323 g/mol. The number of anilines is 1. The van der Waals surface area contributed by atoms with Crippen molar-refractivity contribution in [1.82, 2.24) is 5.32 Å². The van der Waals surface area contributed by atoms with Crippen molar-refractivity contribution in [2.75, 3.05) is 5.32 Å². The maximum Gasteiger partial charge on any atom is 0.307 e. The van der Waals surface area contributed by atoms with Crippen molar-refractivity contribution < 1.29 is 19.5 Å². The van der Waals surface area contributed by atoms with Crippen LogP contribution in [-0.2, 0) is 9.59 Å². The summed E-state index contributed by atoms with van der Waals surface area (Å²) >= 11 is 6.02. The molecule has 2 aliphatic carbocycles. The Balaban J connectivity index is 1.68. The van der Waals surface area contributed by atoms with Crippen LogP contribution in [0.5, 0.6) is 0 Å². The monoisotopic (exact) mass is 322 g/mol. The summed E-state index contributed by atoms with van der Waals surface area (Å²) in [5.74, 6) is -2.68. The lowest BCUT2D eigenvalue weighted by molar-refractivity contribution is -0.139. The van der Waals surface area contributed by atoms with Crippen LogP contribution in [0.2, 0.25) is 5.02 Å². The van der Waals surface area contributed by atoms with Crippen molar-refractivity contribution in [2.24, 2.45) is 11.8 Å². The molecule has 0 bridgehead atoms. The number of hydrogen-bond donors (Lipinski definition) is 3. The Kier molecular flexibility index (Phi) is 3.78. The van der Waals surface area contributed by atoms with Crippen LogP contribution in [0.25, 0.3) is 0 Å². The van der Waals surface area contributed by atoms with E-state index in [0.717, 1.165) is 12.8 Å². The Bertz CT molecular complexity index is 657. The van der Waals surface area contributed by atoms with Crippen LogP contribution < -0.4 is 10.6 Å². The second kappa shape index (κ2) is 5.61. The molecule has 0 aromatic heterocycles. The second-order valence-electron chi connectivity index (χ2n) is 5.72. The third-order valence-corrected chi connectivity index (χ3v) is 4.17. The fourth-order valence-electron chi connectivity index (χ4n) is 2.26. The second-order valence-corrected chi connectivity index (χ2v) is 6.13. The van der Waals surface area contributed by atoms with E-state index in [2.05, 4.69) is 10.6 Å². The van der Waals surface area contributed by atoms with E-state index in [1.165, 1.54) is 6.07 Å². The fourth-order valence-corrected chi connectivity index (χ4v) is 2.46. The normalized spacial score (nSPS) is 22.8. The largest absolute Gasteiger partial charge is 0.481 e. The molecule has 3 rings (SSSR count). The molecular weight excluding hydrogens is 308 g/mol. The third kappa shape index (κ3) is 3.22. The van der Waals surface area contributed by atoms with E-state index in [1.54, 1.807) is 12.1 Å². The Labute approximate surface area is 131 Å². The minimum atomic E-state index is -0.958. The van der Waals surface area contributed by atoms with Gasteiger partial charge in [0.15, 0.2) is 0 Å². The molecule has 116 valence electrons. The van der Waals surface area contributed by atoms with Crippen molar-refractivity contribution in [3.8, 4) is 0 Å². The molecule has 0 aliphatic heterocycles. The molecule has 0 unspecified atom stereocenters. The number of aliphatic carboxylic acids is 1. The van der Waals surface area contributed by atoms with Gasteiger partial charge in [0.2, 0.25) is 5.91 Å². The molecule has 0 radical (unpaired) electrons. The number of carboxylic acid groups (broad SMARTS) is 1. The van der Waals surface area contributed by atoms with E-state index in [4.69, 9.17) is 16.7 Å². The van der Waals surface area contributed by atoms with Gasteiger partial charge in [-0.25, -0.2) is 0 Å². The van der Waals surface area contributed by atoms with Crippen LogP contribution in [0.4, 0.5) is 5.69 Å². The molecule has 3 N–H and O–H groups in total. The number of carbonyl (C=O) groups is 3. The summed E-state index contributed by atoms with van der Waals surface area (Å²) in [5, 5.41) is 14.6. The Morgan fingerprint density at radius 1 is 1.18 bits per heavy atom. The highest BCUT2D eigenvalue weighted by Gasteiger charge is 2.48. The summed E-state index contributed by atoms with van der Waals surface area (Å²) in [7, 11) is 0. The van der Waals surface area contributed by atoms with E-state index >= 15 is 0 Å². The summed E-state index contributed by atoms with van der Waals surface area (Å²) < 4.78 is 0. The Morgan fingerprint density at radius 3 is 2.50 bits per heavy atom. The Hall–Kier alpha value is -2.08. The third-order valence-electron chi connectivity index (χ3n) is 3.84. The van der Waals surface area contributed by atoms with Crippen LogP contribution in [-0.4, -0.2) is 28.9 Å². The van der Waals surface area contributed by atoms with E-state index in [-0.39, 0.29) is 17.9 Å². The van der Waals surface area contributed by atoms with Gasteiger partial charge in [0.05, 0.1) is 22.4 Å². The van der Waals surface area contributed by atoms with Crippen LogP contribution in [0.3, 0.4) is 0 Å². The van der Waals surface area contributed by atoms with E-state index < -0.39 is 17.8 Å². The predicted molar refractivity (Wildman–Crippen MR) is 79.8 cm³/mol. The average Bonchev–Trinajstić information content (AvgIpc) is 3.34. The topological polar surface area (TPSA) is 95.5 Å². The van der Waals surface area contributed by atoms with Gasteiger partial charge in [0.25, 0.3) is 5.91 Å². The number of rotatable bonds is 5. The molecule has 1 aromatic carbocycles. The summed E-state index contributed by atoms with van der Waals surface area (Å²) in [6, 6.07) is 4.85. The minimum Gasteiger partial charge on any atom is -0.481 e. The molecular formula is C15H15ClN2O4. The first kappa shape index (κ1) is 14.8. The van der Waals surface area contributed by atoms with Crippen molar-refractivity contribution in [2.45, 2.75) is 25.3 Å². The molecule has 22 heavy (non-hydrogen) atoms. The predicted octanol–water partition coefficient (Wildman–Crippen LogP) is 1.89. The summed E-state index contributed by atoms with van der Waals surface area (Å²) in [6.07, 6.45) is 2.29. The Morgan fingerprint density at radius 2 is 1.91 bits per heavy atom. The van der Waals surface area contributed by atoms with Crippen molar-refractivity contribution >= 4 is 35.1 Å². The van der Waals surface area contributed by atoms with Crippen LogP contribution >= 0.6 is 11.6 Å². The number of halogens is 1. The molecule has 2 atom stereocenters. The van der Waals surface area contributed by atoms with Crippen molar-refractivity contribution in [3.63, 3.8) is 0 Å². The lowest BCUT2D eigenvalue weighted by atomic mass is 10.1.